The zero-order chi connectivity index (χ0) is 23.2. The SMILES string of the molecule is CCOc1ccc(N=C2NC(=O)/C(=C\c3ccc(OCc4cccc(F)c4)c(I)c3)S2)cc1. The molecule has 3 aromatic rings. The van der Waals surface area contributed by atoms with Crippen molar-refractivity contribution in [1.29, 1.82) is 0 Å². The molecule has 0 unspecified atom stereocenters. The van der Waals surface area contributed by atoms with Crippen LogP contribution in [0.1, 0.15) is 18.1 Å². The minimum Gasteiger partial charge on any atom is -0.494 e. The number of thioether (sulfide) groups is 1. The lowest BCUT2D eigenvalue weighted by Gasteiger charge is -2.09. The van der Waals surface area contributed by atoms with Crippen molar-refractivity contribution in [2.24, 2.45) is 4.99 Å². The van der Waals surface area contributed by atoms with E-state index in [1.165, 1.54) is 23.9 Å². The van der Waals surface area contributed by atoms with Gasteiger partial charge in [-0.25, -0.2) is 9.38 Å². The third-order valence-corrected chi connectivity index (χ3v) is 6.32. The summed E-state index contributed by atoms with van der Waals surface area (Å²) in [6.45, 7) is 2.81. The smallest absolute Gasteiger partial charge is 0.264 e. The van der Waals surface area contributed by atoms with Crippen molar-refractivity contribution < 1.29 is 18.7 Å². The Morgan fingerprint density at radius 1 is 1.09 bits per heavy atom. The van der Waals surface area contributed by atoms with Gasteiger partial charge in [0.25, 0.3) is 5.91 Å². The van der Waals surface area contributed by atoms with Gasteiger partial charge in [-0.05, 0) is 107 Å². The Bertz CT molecular complexity index is 1230. The molecule has 4 rings (SSSR count). The van der Waals surface area contributed by atoms with E-state index in [0.717, 1.165) is 26.1 Å². The summed E-state index contributed by atoms with van der Waals surface area (Å²) in [5.41, 5.74) is 2.37. The monoisotopic (exact) mass is 574 g/mol. The van der Waals surface area contributed by atoms with Crippen molar-refractivity contribution in [3.63, 3.8) is 0 Å². The van der Waals surface area contributed by atoms with E-state index in [4.69, 9.17) is 9.47 Å². The highest BCUT2D eigenvalue weighted by molar-refractivity contribution is 14.1. The van der Waals surface area contributed by atoms with Crippen molar-refractivity contribution in [2.45, 2.75) is 13.5 Å². The molecule has 0 atom stereocenters. The van der Waals surface area contributed by atoms with Gasteiger partial charge < -0.3 is 14.8 Å². The fourth-order valence-corrected chi connectivity index (χ4v) is 4.58. The topological polar surface area (TPSA) is 59.9 Å². The largest absolute Gasteiger partial charge is 0.494 e. The average molecular weight is 574 g/mol. The summed E-state index contributed by atoms with van der Waals surface area (Å²) in [4.78, 5) is 17.5. The molecule has 1 saturated heterocycles. The van der Waals surface area contributed by atoms with Crippen LogP contribution in [-0.2, 0) is 11.4 Å². The molecule has 0 radical (unpaired) electrons. The Hall–Kier alpha value is -2.85. The van der Waals surface area contributed by atoms with Gasteiger partial charge in [0, 0.05) is 0 Å². The molecule has 8 heteroatoms. The van der Waals surface area contributed by atoms with E-state index in [0.29, 0.717) is 22.4 Å². The number of nitrogens with zero attached hydrogens (tertiary/aromatic N) is 1. The first-order chi connectivity index (χ1) is 16.0. The average Bonchev–Trinajstić information content (AvgIpc) is 3.13. The van der Waals surface area contributed by atoms with Crippen LogP contribution < -0.4 is 14.8 Å². The van der Waals surface area contributed by atoms with Crippen LogP contribution in [0.3, 0.4) is 0 Å². The highest BCUT2D eigenvalue weighted by Crippen LogP contribution is 2.30. The molecule has 1 amide bonds. The van der Waals surface area contributed by atoms with Gasteiger partial charge in [-0.1, -0.05) is 18.2 Å². The van der Waals surface area contributed by atoms with Crippen LogP contribution in [0.25, 0.3) is 6.08 Å². The van der Waals surface area contributed by atoms with Crippen LogP contribution in [0.2, 0.25) is 0 Å². The first-order valence-corrected chi connectivity index (χ1v) is 12.1. The number of amidine groups is 1. The van der Waals surface area contributed by atoms with E-state index in [-0.39, 0.29) is 18.3 Å². The van der Waals surface area contributed by atoms with E-state index in [2.05, 4.69) is 32.9 Å². The van der Waals surface area contributed by atoms with Gasteiger partial charge in [-0.15, -0.1) is 0 Å². The van der Waals surface area contributed by atoms with Crippen LogP contribution in [0, 0.1) is 9.39 Å². The van der Waals surface area contributed by atoms with Crippen LogP contribution in [0.15, 0.2) is 76.6 Å². The zero-order valence-corrected chi connectivity index (χ0v) is 20.7. The molecular weight excluding hydrogens is 554 g/mol. The van der Waals surface area contributed by atoms with E-state index in [9.17, 15) is 9.18 Å². The Labute approximate surface area is 209 Å². The highest BCUT2D eigenvalue weighted by Gasteiger charge is 2.24. The normalized spacial score (nSPS) is 15.7. The van der Waals surface area contributed by atoms with Gasteiger partial charge in [-0.3, -0.25) is 4.79 Å². The summed E-state index contributed by atoms with van der Waals surface area (Å²) in [7, 11) is 0. The number of aliphatic imine (C=N–C) groups is 1. The third-order valence-electron chi connectivity index (χ3n) is 4.57. The third kappa shape index (κ3) is 6.35. The molecule has 0 saturated carbocycles. The van der Waals surface area contributed by atoms with Crippen molar-refractivity contribution in [2.75, 3.05) is 6.61 Å². The fourth-order valence-electron chi connectivity index (χ4n) is 3.04. The molecule has 0 aliphatic carbocycles. The Morgan fingerprint density at radius 2 is 1.91 bits per heavy atom. The van der Waals surface area contributed by atoms with Gasteiger partial charge in [-0.2, -0.15) is 0 Å². The number of ether oxygens (including phenoxy) is 2. The molecule has 168 valence electrons. The second-order valence-corrected chi connectivity index (χ2v) is 9.21. The van der Waals surface area contributed by atoms with Crippen molar-refractivity contribution in [1.82, 2.24) is 5.32 Å². The Kier molecular flexibility index (Phi) is 7.66. The minimum atomic E-state index is -0.287. The number of nitrogens with one attached hydrogen (secondary N) is 1. The number of hydrogen-bond acceptors (Lipinski definition) is 5. The number of carbonyl (C=O) groups excluding carboxylic acids is 1. The molecule has 0 bridgehead atoms. The van der Waals surface area contributed by atoms with Crippen LogP contribution >= 0.6 is 34.4 Å². The van der Waals surface area contributed by atoms with E-state index < -0.39 is 0 Å². The van der Waals surface area contributed by atoms with Crippen molar-refractivity contribution in [3.05, 3.63) is 92.1 Å². The second-order valence-electron chi connectivity index (χ2n) is 7.02. The first-order valence-electron chi connectivity index (χ1n) is 10.2. The molecule has 1 heterocycles. The Morgan fingerprint density at radius 3 is 2.64 bits per heavy atom. The lowest BCUT2D eigenvalue weighted by Crippen LogP contribution is -2.19. The summed E-state index contributed by atoms with van der Waals surface area (Å²) in [6, 6.07) is 19.4. The predicted molar refractivity (Wildman–Crippen MR) is 138 cm³/mol. The molecule has 5 nitrogen and oxygen atoms in total. The maximum absolute atomic E-state index is 13.3. The van der Waals surface area contributed by atoms with Gasteiger partial charge in [0.05, 0.1) is 20.8 Å². The summed E-state index contributed by atoms with van der Waals surface area (Å²) in [6.07, 6.45) is 1.82. The molecule has 3 aromatic carbocycles. The highest BCUT2D eigenvalue weighted by atomic mass is 127. The van der Waals surface area contributed by atoms with Crippen LogP contribution in [0.5, 0.6) is 11.5 Å². The summed E-state index contributed by atoms with van der Waals surface area (Å²) >= 11 is 3.48. The molecule has 0 spiro atoms. The lowest BCUT2D eigenvalue weighted by molar-refractivity contribution is -0.115. The summed E-state index contributed by atoms with van der Waals surface area (Å²) in [5.74, 6) is 1.00. The number of amides is 1. The number of halogens is 2. The maximum atomic E-state index is 13.3. The quantitative estimate of drug-likeness (QED) is 0.266. The first kappa shape index (κ1) is 23.3. The number of carbonyl (C=O) groups is 1. The van der Waals surface area contributed by atoms with Gasteiger partial charge in [0.2, 0.25) is 0 Å². The summed E-state index contributed by atoms with van der Waals surface area (Å²) < 4.78 is 25.5. The van der Waals surface area contributed by atoms with Gasteiger partial charge >= 0.3 is 0 Å². The van der Waals surface area contributed by atoms with E-state index >= 15 is 0 Å². The molecular formula is C25H20FIN2O3S. The number of benzene rings is 3. The van der Waals surface area contributed by atoms with Gasteiger partial charge in [0.15, 0.2) is 5.17 Å². The maximum Gasteiger partial charge on any atom is 0.264 e. The molecule has 0 aromatic heterocycles. The minimum absolute atomic E-state index is 0.189. The molecule has 33 heavy (non-hydrogen) atoms. The number of rotatable bonds is 7. The van der Waals surface area contributed by atoms with Crippen LogP contribution in [0.4, 0.5) is 10.1 Å². The zero-order valence-electron chi connectivity index (χ0n) is 17.7. The predicted octanol–water partition coefficient (Wildman–Crippen LogP) is 6.30. The number of hydrogen-bond donors (Lipinski definition) is 1. The van der Waals surface area contributed by atoms with E-state index in [1.807, 2.05) is 61.5 Å². The van der Waals surface area contributed by atoms with Crippen molar-refractivity contribution in [3.8, 4) is 11.5 Å². The molecule has 1 aliphatic rings. The fraction of sp³-hybridized carbons (Fsp3) is 0.120. The molecule has 1 aliphatic heterocycles. The van der Waals surface area contributed by atoms with Crippen molar-refractivity contribution >= 4 is 57.2 Å². The van der Waals surface area contributed by atoms with E-state index in [1.54, 1.807) is 6.07 Å². The molecule has 1 fully saturated rings. The van der Waals surface area contributed by atoms with Crippen LogP contribution in [-0.4, -0.2) is 17.7 Å². The molecule has 1 N–H and O–H groups in total. The second kappa shape index (κ2) is 10.8. The Balaban J connectivity index is 1.42. The summed E-state index contributed by atoms with van der Waals surface area (Å²) in [5, 5.41) is 3.33. The standard InChI is InChI=1S/C25H20FIN2O3S/c1-2-31-20-9-7-19(8-10-20)28-25-29-24(30)23(33-25)14-16-6-11-22(21(27)13-16)32-15-17-4-3-5-18(26)12-17/h3-14H,2,15H2,1H3,(H,28,29,30)/b23-14+. The lowest BCUT2D eigenvalue weighted by atomic mass is 10.2. The van der Waals surface area contributed by atoms with Gasteiger partial charge in [0.1, 0.15) is 23.9 Å².